The molecule has 1 aliphatic heterocycles. The van der Waals surface area contributed by atoms with Gasteiger partial charge in [0.1, 0.15) is 10.8 Å². The summed E-state index contributed by atoms with van der Waals surface area (Å²) in [6, 6.07) is 0.300. The van der Waals surface area contributed by atoms with Crippen molar-refractivity contribution in [3.05, 3.63) is 34.3 Å². The molecule has 122 valence electrons. The molecule has 3 heterocycles. The molecular weight excluding hydrogens is 322 g/mol. The van der Waals surface area contributed by atoms with Crippen LogP contribution in [0.1, 0.15) is 21.8 Å². The molecule has 0 spiro atoms. The number of hydrogen-bond acceptors (Lipinski definition) is 6. The van der Waals surface area contributed by atoms with E-state index in [4.69, 9.17) is 4.74 Å². The van der Waals surface area contributed by atoms with Crippen molar-refractivity contribution in [3.8, 4) is 0 Å². The first kappa shape index (κ1) is 17.4. The highest BCUT2D eigenvalue weighted by atomic mass is 35.5. The van der Waals surface area contributed by atoms with E-state index in [0.29, 0.717) is 12.6 Å². The Kier molecular flexibility index (Phi) is 6.34. The molecule has 1 aliphatic rings. The summed E-state index contributed by atoms with van der Waals surface area (Å²) in [7, 11) is 3.77. The van der Waals surface area contributed by atoms with Gasteiger partial charge in [-0.05, 0) is 0 Å². The lowest BCUT2D eigenvalue weighted by molar-refractivity contribution is 0.144. The number of methoxy groups -OCH3 is 1. The van der Waals surface area contributed by atoms with Gasteiger partial charge in [0.15, 0.2) is 0 Å². The van der Waals surface area contributed by atoms with Gasteiger partial charge < -0.3 is 14.6 Å². The van der Waals surface area contributed by atoms with Crippen molar-refractivity contribution in [1.29, 1.82) is 0 Å². The molecule has 1 N–H and O–H groups in total. The van der Waals surface area contributed by atoms with Gasteiger partial charge in [-0.1, -0.05) is 0 Å². The van der Waals surface area contributed by atoms with Crippen LogP contribution in [0.5, 0.6) is 0 Å². The molecule has 8 heteroatoms. The third kappa shape index (κ3) is 3.85. The van der Waals surface area contributed by atoms with Crippen LogP contribution < -0.4 is 5.32 Å². The first-order valence-electron chi connectivity index (χ1n) is 7.12. The Hall–Kier alpha value is -0.990. The van der Waals surface area contributed by atoms with Crippen molar-refractivity contribution in [2.75, 3.05) is 26.7 Å². The number of imidazole rings is 1. The van der Waals surface area contributed by atoms with E-state index in [1.807, 2.05) is 18.6 Å². The molecule has 6 nitrogen and oxygen atoms in total. The smallest absolute Gasteiger partial charge is 0.127 e. The Morgan fingerprint density at radius 1 is 1.45 bits per heavy atom. The summed E-state index contributed by atoms with van der Waals surface area (Å²) in [4.78, 5) is 12.7. The van der Waals surface area contributed by atoms with Crippen LogP contribution in [0.3, 0.4) is 0 Å². The third-order valence-corrected chi connectivity index (χ3v) is 4.69. The molecule has 1 atom stereocenters. The van der Waals surface area contributed by atoms with Crippen molar-refractivity contribution in [2.24, 2.45) is 7.05 Å². The van der Waals surface area contributed by atoms with Gasteiger partial charge in [-0.25, -0.2) is 9.97 Å². The highest BCUT2D eigenvalue weighted by Crippen LogP contribution is 2.24. The molecule has 1 unspecified atom stereocenters. The average Bonchev–Trinajstić information content (AvgIpc) is 3.09. The molecule has 2 aromatic rings. The van der Waals surface area contributed by atoms with Crippen LogP contribution in [-0.4, -0.2) is 46.2 Å². The predicted octanol–water partition coefficient (Wildman–Crippen LogP) is 1.59. The number of halogens is 1. The topological polar surface area (TPSA) is 55.2 Å². The normalized spacial score (nSPS) is 19.1. The monoisotopic (exact) mass is 343 g/mol. The Labute approximate surface area is 140 Å². The van der Waals surface area contributed by atoms with Crippen LogP contribution in [0.2, 0.25) is 0 Å². The highest BCUT2D eigenvalue weighted by molar-refractivity contribution is 7.11. The number of nitrogens with one attached hydrogen (secondary N) is 1. The highest BCUT2D eigenvalue weighted by Gasteiger charge is 2.27. The van der Waals surface area contributed by atoms with Crippen molar-refractivity contribution in [1.82, 2.24) is 24.8 Å². The average molecular weight is 344 g/mol. The summed E-state index contributed by atoms with van der Waals surface area (Å²) in [5.41, 5.74) is 0. The molecule has 0 amide bonds. The predicted molar refractivity (Wildman–Crippen MR) is 89.3 cm³/mol. The maximum absolute atomic E-state index is 5.16. The summed E-state index contributed by atoms with van der Waals surface area (Å²) >= 11 is 1.73. The number of thiazole rings is 1. The summed E-state index contributed by atoms with van der Waals surface area (Å²) < 4.78 is 7.26. The summed E-state index contributed by atoms with van der Waals surface area (Å²) in [5, 5.41) is 4.60. The molecule has 0 bridgehead atoms. The van der Waals surface area contributed by atoms with Gasteiger partial charge in [0.05, 0.1) is 24.1 Å². The molecule has 22 heavy (non-hydrogen) atoms. The number of aromatic nitrogens is 3. The SMILES string of the molecule is COCc1cnc(CN2CCNCC2c2nccn2C)s1.Cl. The lowest BCUT2D eigenvalue weighted by Gasteiger charge is -2.35. The van der Waals surface area contributed by atoms with Crippen LogP contribution in [-0.2, 0) is 24.9 Å². The quantitative estimate of drug-likeness (QED) is 0.893. The largest absolute Gasteiger partial charge is 0.379 e. The number of piperazine rings is 1. The second-order valence-electron chi connectivity index (χ2n) is 5.24. The summed E-state index contributed by atoms with van der Waals surface area (Å²) in [6.45, 7) is 4.46. The fourth-order valence-electron chi connectivity index (χ4n) is 2.69. The van der Waals surface area contributed by atoms with E-state index in [2.05, 4.69) is 31.8 Å². The van der Waals surface area contributed by atoms with E-state index in [0.717, 1.165) is 37.0 Å². The number of ether oxygens (including phenoxy) is 1. The minimum Gasteiger partial charge on any atom is -0.379 e. The second kappa shape index (κ2) is 8.03. The van der Waals surface area contributed by atoms with Crippen molar-refractivity contribution in [3.63, 3.8) is 0 Å². The van der Waals surface area contributed by atoms with Gasteiger partial charge in [-0.3, -0.25) is 4.90 Å². The second-order valence-corrected chi connectivity index (χ2v) is 6.44. The van der Waals surface area contributed by atoms with Crippen LogP contribution in [0.4, 0.5) is 0 Å². The Morgan fingerprint density at radius 2 is 2.32 bits per heavy atom. The fourth-order valence-corrected chi connectivity index (χ4v) is 3.61. The minimum atomic E-state index is 0. The van der Waals surface area contributed by atoms with Crippen molar-refractivity contribution in [2.45, 2.75) is 19.2 Å². The van der Waals surface area contributed by atoms with E-state index < -0.39 is 0 Å². The molecule has 0 aliphatic carbocycles. The Balaban J connectivity index is 0.00000176. The lowest BCUT2D eigenvalue weighted by atomic mass is 10.2. The molecule has 1 fully saturated rings. The van der Waals surface area contributed by atoms with E-state index in [1.165, 1.54) is 4.88 Å². The summed E-state index contributed by atoms with van der Waals surface area (Å²) in [6.07, 6.45) is 5.78. The van der Waals surface area contributed by atoms with Gasteiger partial charge in [-0.2, -0.15) is 0 Å². The van der Waals surface area contributed by atoms with E-state index in [1.54, 1.807) is 18.4 Å². The van der Waals surface area contributed by atoms with Crippen molar-refractivity contribution < 1.29 is 4.74 Å². The van der Waals surface area contributed by atoms with Gasteiger partial charge in [0.2, 0.25) is 0 Å². The molecule has 0 radical (unpaired) electrons. The van der Waals surface area contributed by atoms with Gasteiger partial charge in [0, 0.05) is 52.4 Å². The lowest BCUT2D eigenvalue weighted by Crippen LogP contribution is -2.46. The zero-order valence-corrected chi connectivity index (χ0v) is 14.5. The number of rotatable bonds is 5. The Bertz CT molecular complexity index is 587. The van der Waals surface area contributed by atoms with Crippen LogP contribution in [0, 0.1) is 0 Å². The number of nitrogens with zero attached hydrogens (tertiary/aromatic N) is 4. The van der Waals surface area contributed by atoms with E-state index in [9.17, 15) is 0 Å². The molecule has 3 rings (SSSR count). The van der Waals surface area contributed by atoms with Crippen molar-refractivity contribution >= 4 is 23.7 Å². The molecule has 2 aromatic heterocycles. The molecule has 0 aromatic carbocycles. The first-order chi connectivity index (χ1) is 10.3. The number of aryl methyl sites for hydroxylation is 1. The van der Waals surface area contributed by atoms with E-state index >= 15 is 0 Å². The standard InChI is InChI=1S/C14H21N5OS.ClH/c1-18-5-4-16-14(18)12-8-15-3-6-19(12)9-13-17-7-11(21-13)10-20-2;/h4-5,7,12,15H,3,6,8-10H2,1-2H3;1H. The van der Waals surface area contributed by atoms with E-state index in [-0.39, 0.29) is 12.4 Å². The molecule has 0 saturated carbocycles. The summed E-state index contributed by atoms with van der Waals surface area (Å²) in [5.74, 6) is 1.11. The van der Waals surface area contributed by atoms with Crippen LogP contribution in [0.25, 0.3) is 0 Å². The first-order valence-corrected chi connectivity index (χ1v) is 7.94. The Morgan fingerprint density at radius 3 is 3.05 bits per heavy atom. The molecular formula is C14H22ClN5OS. The zero-order chi connectivity index (χ0) is 14.7. The molecule has 1 saturated heterocycles. The maximum Gasteiger partial charge on any atom is 0.127 e. The third-order valence-electron chi connectivity index (χ3n) is 3.74. The van der Waals surface area contributed by atoms with Crippen LogP contribution in [0.15, 0.2) is 18.6 Å². The van der Waals surface area contributed by atoms with Gasteiger partial charge >= 0.3 is 0 Å². The minimum absolute atomic E-state index is 0. The van der Waals surface area contributed by atoms with Crippen LogP contribution >= 0.6 is 23.7 Å². The number of hydrogen-bond donors (Lipinski definition) is 1. The fraction of sp³-hybridized carbons (Fsp3) is 0.571. The zero-order valence-electron chi connectivity index (χ0n) is 12.9. The van der Waals surface area contributed by atoms with Gasteiger partial charge in [0.25, 0.3) is 0 Å². The maximum atomic E-state index is 5.16. The van der Waals surface area contributed by atoms with Gasteiger partial charge in [-0.15, -0.1) is 23.7 Å².